The van der Waals surface area contributed by atoms with Crippen LogP contribution in [0.5, 0.6) is 0 Å². The Kier molecular flexibility index (Phi) is 9.13. The Morgan fingerprint density at radius 1 is 0.979 bits per heavy atom. The first kappa shape index (κ1) is 33.2. The zero-order valence-corrected chi connectivity index (χ0v) is 26.5. The highest BCUT2D eigenvalue weighted by Gasteiger charge is 2.33. The maximum Gasteiger partial charge on any atom is 0.416 e. The van der Waals surface area contributed by atoms with Crippen LogP contribution in [0.1, 0.15) is 42.5 Å². The summed E-state index contributed by atoms with van der Waals surface area (Å²) in [4.78, 5) is 40.4. The van der Waals surface area contributed by atoms with Crippen LogP contribution in [0.15, 0.2) is 65.6 Å². The highest BCUT2D eigenvalue weighted by Crippen LogP contribution is 2.32. The summed E-state index contributed by atoms with van der Waals surface area (Å²) in [6, 6.07) is 13.5. The normalized spacial score (nSPS) is 16.8. The van der Waals surface area contributed by atoms with Crippen LogP contribution in [-0.4, -0.2) is 75.1 Å². The van der Waals surface area contributed by atoms with E-state index in [9.17, 15) is 32.8 Å². The lowest BCUT2D eigenvalue weighted by Crippen LogP contribution is -2.50. The highest BCUT2D eigenvalue weighted by molar-refractivity contribution is 5.83. The standard InChI is InChI=1S/C33H35F3N8O3/c1-21-30(28-16-17-38-43(28)26-14-8-22(19-37)9-15-26)42(32(47)41(21)27-7-5-6-23(18-27)33(34,35)36)31(46)40-25-12-10-24(11-13-25)39-29(45)20-44(2,3)4/h5-9,14-18,24-25H,10-13,20H2,1-4H3,(H-,39,40,45,46)/p+1/t24-,25-. The van der Waals surface area contributed by atoms with E-state index in [1.807, 2.05) is 27.2 Å². The predicted molar refractivity (Wildman–Crippen MR) is 168 cm³/mol. The summed E-state index contributed by atoms with van der Waals surface area (Å²) in [6.07, 6.45) is -0.788. The molecule has 0 bridgehead atoms. The molecule has 2 N–H and O–H groups in total. The number of nitriles is 1. The molecule has 0 radical (unpaired) electrons. The molecular formula is C33H36F3N8O3+. The first-order valence-corrected chi connectivity index (χ1v) is 15.1. The Hall–Kier alpha value is -5.16. The van der Waals surface area contributed by atoms with E-state index in [0.29, 0.717) is 53.7 Å². The number of hydrogen-bond acceptors (Lipinski definition) is 5. The van der Waals surface area contributed by atoms with Crippen molar-refractivity contribution >= 4 is 11.9 Å². The van der Waals surface area contributed by atoms with Gasteiger partial charge >= 0.3 is 17.9 Å². The molecule has 47 heavy (non-hydrogen) atoms. The fourth-order valence-electron chi connectivity index (χ4n) is 5.91. The van der Waals surface area contributed by atoms with Gasteiger partial charge in [0.1, 0.15) is 5.69 Å². The fourth-order valence-corrected chi connectivity index (χ4v) is 5.91. The molecular weight excluding hydrogens is 613 g/mol. The topological polar surface area (TPSA) is 127 Å². The van der Waals surface area contributed by atoms with E-state index < -0.39 is 23.5 Å². The van der Waals surface area contributed by atoms with Crippen LogP contribution in [0, 0.1) is 18.3 Å². The summed E-state index contributed by atoms with van der Waals surface area (Å²) in [7, 11) is 5.80. The third-order valence-electron chi connectivity index (χ3n) is 8.08. The van der Waals surface area contributed by atoms with E-state index in [4.69, 9.17) is 0 Å². The molecule has 5 rings (SSSR count). The lowest BCUT2D eigenvalue weighted by atomic mass is 9.91. The van der Waals surface area contributed by atoms with Crippen molar-refractivity contribution in [2.45, 2.75) is 50.9 Å². The van der Waals surface area contributed by atoms with Gasteiger partial charge in [0.15, 0.2) is 6.54 Å². The number of quaternary nitrogens is 1. The zero-order chi connectivity index (χ0) is 34.1. The van der Waals surface area contributed by atoms with Gasteiger partial charge in [-0.1, -0.05) is 6.07 Å². The summed E-state index contributed by atoms with van der Waals surface area (Å²) in [6.45, 7) is 1.89. The Bertz CT molecular complexity index is 1880. The lowest BCUT2D eigenvalue weighted by molar-refractivity contribution is -0.862. The molecule has 14 heteroatoms. The van der Waals surface area contributed by atoms with Crippen LogP contribution in [0.2, 0.25) is 0 Å². The van der Waals surface area contributed by atoms with Gasteiger partial charge in [-0.2, -0.15) is 23.5 Å². The Labute approximate surface area is 269 Å². The highest BCUT2D eigenvalue weighted by atomic mass is 19.4. The van der Waals surface area contributed by atoms with Crippen molar-refractivity contribution in [2.75, 3.05) is 27.7 Å². The van der Waals surface area contributed by atoms with Crippen LogP contribution in [-0.2, 0) is 11.0 Å². The monoisotopic (exact) mass is 649 g/mol. The van der Waals surface area contributed by atoms with Gasteiger partial charge in [0.25, 0.3) is 5.91 Å². The summed E-state index contributed by atoms with van der Waals surface area (Å²) in [5.41, 5.74) is -0.153. The van der Waals surface area contributed by atoms with Crippen LogP contribution in [0.25, 0.3) is 22.8 Å². The van der Waals surface area contributed by atoms with Gasteiger partial charge in [0.2, 0.25) is 0 Å². The number of aromatic nitrogens is 4. The number of carbonyl (C=O) groups is 2. The van der Waals surface area contributed by atoms with Crippen LogP contribution < -0.4 is 16.3 Å². The number of imidazole rings is 1. The van der Waals surface area contributed by atoms with Crippen molar-refractivity contribution in [1.82, 2.24) is 29.5 Å². The van der Waals surface area contributed by atoms with E-state index >= 15 is 0 Å². The van der Waals surface area contributed by atoms with E-state index in [0.717, 1.165) is 21.3 Å². The van der Waals surface area contributed by atoms with Crippen molar-refractivity contribution in [3.8, 4) is 28.8 Å². The largest absolute Gasteiger partial charge is 0.416 e. The van der Waals surface area contributed by atoms with Gasteiger partial charge in [-0.05, 0) is 81.1 Å². The van der Waals surface area contributed by atoms with Gasteiger partial charge in [0.05, 0.1) is 67.3 Å². The fraction of sp³-hybridized carbons (Fsp3) is 0.364. The Morgan fingerprint density at radius 2 is 1.62 bits per heavy atom. The molecule has 0 atom stereocenters. The van der Waals surface area contributed by atoms with Gasteiger partial charge < -0.3 is 15.1 Å². The molecule has 11 nitrogen and oxygen atoms in total. The first-order chi connectivity index (χ1) is 22.2. The number of rotatable bonds is 7. The summed E-state index contributed by atoms with van der Waals surface area (Å²) >= 11 is 0. The van der Waals surface area contributed by atoms with Crippen LogP contribution >= 0.6 is 0 Å². The maximum absolute atomic E-state index is 14.0. The minimum atomic E-state index is -4.64. The van der Waals surface area contributed by atoms with Crippen LogP contribution in [0.3, 0.4) is 0 Å². The second kappa shape index (κ2) is 12.9. The van der Waals surface area contributed by atoms with Crippen molar-refractivity contribution in [1.29, 1.82) is 5.26 Å². The molecule has 0 spiro atoms. The van der Waals surface area contributed by atoms with Crippen LogP contribution in [0.4, 0.5) is 18.0 Å². The second-order valence-electron chi connectivity index (χ2n) is 12.7. The molecule has 2 aromatic carbocycles. The number of carbonyl (C=O) groups excluding carboxylic acids is 2. The molecule has 1 fully saturated rings. The molecule has 1 aliphatic rings. The van der Waals surface area contributed by atoms with E-state index in [-0.39, 0.29) is 35.1 Å². The average Bonchev–Trinajstić information content (AvgIpc) is 3.58. The lowest BCUT2D eigenvalue weighted by Gasteiger charge is -2.31. The number of amides is 2. The number of nitrogens with zero attached hydrogens (tertiary/aromatic N) is 6. The van der Waals surface area contributed by atoms with Crippen molar-refractivity contribution < 1.29 is 27.2 Å². The third-order valence-corrected chi connectivity index (χ3v) is 8.08. The molecule has 2 amide bonds. The summed E-state index contributed by atoms with van der Waals surface area (Å²) in [5, 5.41) is 19.6. The number of likely N-dealkylation sites (N-methyl/N-ethyl adjacent to an activating group) is 1. The zero-order valence-electron chi connectivity index (χ0n) is 26.5. The smallest absolute Gasteiger partial charge is 0.348 e. The maximum atomic E-state index is 14.0. The Balaban J connectivity index is 1.50. The van der Waals surface area contributed by atoms with Gasteiger partial charge in [-0.3, -0.25) is 9.36 Å². The molecule has 2 aromatic heterocycles. The number of benzene rings is 2. The average molecular weight is 650 g/mol. The SMILES string of the molecule is Cc1c(-c2ccnn2-c2ccc(C#N)cc2)n(C(=O)N[C@H]2CC[C@H](NC(=O)C[N+](C)(C)C)CC2)c(=O)n1-c1cccc(C(F)(F)F)c1. The number of nitrogens with one attached hydrogen (secondary N) is 2. The van der Waals surface area contributed by atoms with E-state index in [1.54, 1.807) is 37.3 Å². The van der Waals surface area contributed by atoms with E-state index in [1.165, 1.54) is 23.0 Å². The number of hydrogen-bond donors (Lipinski definition) is 2. The molecule has 246 valence electrons. The first-order valence-electron chi connectivity index (χ1n) is 15.1. The molecule has 1 aliphatic carbocycles. The van der Waals surface area contributed by atoms with Gasteiger partial charge in [0, 0.05) is 12.1 Å². The molecule has 0 aliphatic heterocycles. The minimum absolute atomic E-state index is 0.0357. The van der Waals surface area contributed by atoms with Crippen molar-refractivity contribution in [3.63, 3.8) is 0 Å². The second-order valence-corrected chi connectivity index (χ2v) is 12.7. The van der Waals surface area contributed by atoms with Crippen molar-refractivity contribution in [2.24, 2.45) is 0 Å². The molecule has 0 unspecified atom stereocenters. The Morgan fingerprint density at radius 3 is 2.21 bits per heavy atom. The number of alkyl halides is 3. The summed E-state index contributed by atoms with van der Waals surface area (Å²) < 4.78 is 44.9. The van der Waals surface area contributed by atoms with Gasteiger partial charge in [-0.15, -0.1) is 0 Å². The summed E-state index contributed by atoms with van der Waals surface area (Å²) in [5.74, 6) is -0.0496. The number of halogens is 3. The van der Waals surface area contributed by atoms with Crippen molar-refractivity contribution in [3.05, 3.63) is 88.1 Å². The third kappa shape index (κ3) is 7.30. The minimum Gasteiger partial charge on any atom is -0.348 e. The van der Waals surface area contributed by atoms with Gasteiger partial charge in [-0.25, -0.2) is 18.8 Å². The quantitative estimate of drug-likeness (QED) is 0.288. The molecule has 2 heterocycles. The van der Waals surface area contributed by atoms with E-state index in [2.05, 4.69) is 15.7 Å². The predicted octanol–water partition coefficient (Wildman–Crippen LogP) is 4.38. The molecule has 0 saturated heterocycles. The molecule has 4 aromatic rings. The molecule has 1 saturated carbocycles.